The molecule has 0 aromatic rings. The first-order chi connectivity index (χ1) is 9.41. The van der Waals surface area contributed by atoms with Crippen molar-refractivity contribution in [3.05, 3.63) is 36.5 Å². The molecule has 0 aromatic heterocycles. The summed E-state index contributed by atoms with van der Waals surface area (Å²) in [6, 6.07) is 0. The van der Waals surface area contributed by atoms with Crippen molar-refractivity contribution in [1.82, 2.24) is 0 Å². The third kappa shape index (κ3) is 17.2. The Morgan fingerprint density at radius 3 is 1.95 bits per heavy atom. The quantitative estimate of drug-likeness (QED) is 0.300. The second-order valence-corrected chi connectivity index (χ2v) is 4.84. The first-order valence-electron chi connectivity index (χ1n) is 7.85. The van der Waals surface area contributed by atoms with Gasteiger partial charge in [-0.3, -0.25) is 0 Å². The number of hydrogen-bond acceptors (Lipinski definition) is 1. The zero-order chi connectivity index (χ0) is 14.0. The fraction of sp³-hybridized carbons (Fsp3) is 0.667. The number of hydrogen-bond donors (Lipinski definition) is 0. The first-order valence-corrected chi connectivity index (χ1v) is 7.85. The maximum Gasteiger partial charge on any atom is 0.0462 e. The lowest BCUT2D eigenvalue weighted by molar-refractivity contribution is 0.192. The zero-order valence-corrected chi connectivity index (χ0v) is 12.9. The summed E-state index contributed by atoms with van der Waals surface area (Å²) >= 11 is 0. The molecule has 0 aliphatic carbocycles. The second-order valence-electron chi connectivity index (χ2n) is 4.84. The lowest BCUT2D eigenvalue weighted by Gasteiger charge is -1.99. The molecule has 0 amide bonds. The van der Waals surface area contributed by atoms with Crippen LogP contribution in [-0.2, 0) is 4.74 Å². The summed E-state index contributed by atoms with van der Waals surface area (Å²) in [5.74, 6) is 0. The number of rotatable bonds is 13. The van der Waals surface area contributed by atoms with Gasteiger partial charge in [-0.25, -0.2) is 0 Å². The van der Waals surface area contributed by atoms with Gasteiger partial charge in [0.05, 0.1) is 0 Å². The maximum absolute atomic E-state index is 5.03. The van der Waals surface area contributed by atoms with E-state index in [9.17, 15) is 0 Å². The molecule has 1 heteroatoms. The van der Waals surface area contributed by atoms with Crippen molar-refractivity contribution >= 4 is 0 Å². The molecule has 0 N–H and O–H groups in total. The van der Waals surface area contributed by atoms with E-state index in [0.717, 1.165) is 25.9 Å². The molecule has 0 atom stereocenters. The van der Waals surface area contributed by atoms with Gasteiger partial charge in [0, 0.05) is 13.7 Å². The highest BCUT2D eigenvalue weighted by Crippen LogP contribution is 2.06. The van der Waals surface area contributed by atoms with Gasteiger partial charge in [0.1, 0.15) is 0 Å². The molecule has 0 saturated heterocycles. The van der Waals surface area contributed by atoms with E-state index in [2.05, 4.69) is 43.4 Å². The molecule has 0 bridgehead atoms. The molecule has 0 rings (SSSR count). The molecule has 0 radical (unpaired) electrons. The van der Waals surface area contributed by atoms with Crippen molar-refractivity contribution < 1.29 is 4.74 Å². The Balaban J connectivity index is 3.19. The van der Waals surface area contributed by atoms with Crippen molar-refractivity contribution in [2.24, 2.45) is 0 Å². The molecule has 0 spiro atoms. The summed E-state index contributed by atoms with van der Waals surface area (Å²) < 4.78 is 5.03. The SMILES string of the molecule is CC/C=C\C/C=C\C/C=C\CCCCCCCOC. The van der Waals surface area contributed by atoms with Crippen molar-refractivity contribution in [3.63, 3.8) is 0 Å². The third-order valence-electron chi connectivity index (χ3n) is 3.00. The van der Waals surface area contributed by atoms with Crippen LogP contribution < -0.4 is 0 Å². The Bertz CT molecular complexity index is 238. The van der Waals surface area contributed by atoms with Crippen LogP contribution >= 0.6 is 0 Å². The van der Waals surface area contributed by atoms with E-state index in [1.54, 1.807) is 7.11 Å². The topological polar surface area (TPSA) is 9.23 Å². The number of allylic oxidation sites excluding steroid dienone is 6. The summed E-state index contributed by atoms with van der Waals surface area (Å²) in [5, 5.41) is 0. The molecule has 110 valence electrons. The van der Waals surface area contributed by atoms with Crippen molar-refractivity contribution in [1.29, 1.82) is 0 Å². The van der Waals surface area contributed by atoms with Crippen molar-refractivity contribution in [2.75, 3.05) is 13.7 Å². The van der Waals surface area contributed by atoms with Gasteiger partial charge in [0.25, 0.3) is 0 Å². The highest BCUT2D eigenvalue weighted by Gasteiger charge is 1.89. The molecule has 0 unspecified atom stereocenters. The highest BCUT2D eigenvalue weighted by molar-refractivity contribution is 4.96. The minimum absolute atomic E-state index is 0.916. The van der Waals surface area contributed by atoms with Crippen LogP contribution in [-0.4, -0.2) is 13.7 Å². The van der Waals surface area contributed by atoms with Crippen LogP contribution in [0.3, 0.4) is 0 Å². The summed E-state index contributed by atoms with van der Waals surface area (Å²) in [4.78, 5) is 0. The normalized spacial score (nSPS) is 12.3. The Hall–Kier alpha value is -0.820. The summed E-state index contributed by atoms with van der Waals surface area (Å²) in [6.07, 6.45) is 24.6. The summed E-state index contributed by atoms with van der Waals surface area (Å²) in [5.41, 5.74) is 0. The molecular weight excluding hydrogens is 232 g/mol. The van der Waals surface area contributed by atoms with Gasteiger partial charge < -0.3 is 4.74 Å². The predicted octanol–water partition coefficient (Wildman–Crippen LogP) is 5.83. The van der Waals surface area contributed by atoms with Crippen LogP contribution in [0, 0.1) is 0 Å². The van der Waals surface area contributed by atoms with Crippen LogP contribution in [0.15, 0.2) is 36.5 Å². The van der Waals surface area contributed by atoms with Gasteiger partial charge >= 0.3 is 0 Å². The van der Waals surface area contributed by atoms with Gasteiger partial charge in [-0.05, 0) is 38.5 Å². The largest absolute Gasteiger partial charge is 0.385 e. The molecule has 1 nitrogen and oxygen atoms in total. The van der Waals surface area contributed by atoms with Gasteiger partial charge in [-0.15, -0.1) is 0 Å². The molecule has 0 aliphatic heterocycles. The van der Waals surface area contributed by atoms with E-state index in [4.69, 9.17) is 4.74 Å². The Kier molecular flexibility index (Phi) is 16.4. The van der Waals surface area contributed by atoms with E-state index < -0.39 is 0 Å². The lowest BCUT2D eigenvalue weighted by Crippen LogP contribution is -1.87. The number of methoxy groups -OCH3 is 1. The summed E-state index contributed by atoms with van der Waals surface area (Å²) in [7, 11) is 1.78. The summed E-state index contributed by atoms with van der Waals surface area (Å²) in [6.45, 7) is 3.08. The van der Waals surface area contributed by atoms with Gasteiger partial charge in [-0.2, -0.15) is 0 Å². The van der Waals surface area contributed by atoms with Gasteiger partial charge in [0.15, 0.2) is 0 Å². The Labute approximate surface area is 120 Å². The molecular formula is C18H32O. The van der Waals surface area contributed by atoms with Crippen LogP contribution in [0.2, 0.25) is 0 Å². The van der Waals surface area contributed by atoms with E-state index in [-0.39, 0.29) is 0 Å². The standard InChI is InChI=1S/C18H32O/c1-3-4-5-6-7-8-9-10-11-12-13-14-15-16-17-18-19-2/h4-5,7-8,10-11H,3,6,9,12-18H2,1-2H3/b5-4-,8-7-,11-10-. The van der Waals surface area contributed by atoms with Gasteiger partial charge in [0.2, 0.25) is 0 Å². The monoisotopic (exact) mass is 264 g/mol. The smallest absolute Gasteiger partial charge is 0.0462 e. The van der Waals surface area contributed by atoms with Crippen LogP contribution in [0.5, 0.6) is 0 Å². The first kappa shape index (κ1) is 18.2. The minimum Gasteiger partial charge on any atom is -0.385 e. The predicted molar refractivity (Wildman–Crippen MR) is 86.5 cm³/mol. The molecule has 0 saturated carbocycles. The molecule has 0 heterocycles. The second kappa shape index (κ2) is 17.2. The fourth-order valence-electron chi connectivity index (χ4n) is 1.87. The zero-order valence-electron chi connectivity index (χ0n) is 12.9. The van der Waals surface area contributed by atoms with E-state index in [1.807, 2.05) is 0 Å². The van der Waals surface area contributed by atoms with Crippen LogP contribution in [0.4, 0.5) is 0 Å². The average molecular weight is 264 g/mol. The minimum atomic E-state index is 0.916. The van der Waals surface area contributed by atoms with E-state index >= 15 is 0 Å². The highest BCUT2D eigenvalue weighted by atomic mass is 16.5. The molecule has 0 aliphatic rings. The Morgan fingerprint density at radius 1 is 0.684 bits per heavy atom. The van der Waals surface area contributed by atoms with Crippen LogP contribution in [0.1, 0.15) is 64.7 Å². The van der Waals surface area contributed by atoms with E-state index in [0.29, 0.717) is 0 Å². The molecule has 19 heavy (non-hydrogen) atoms. The maximum atomic E-state index is 5.03. The average Bonchev–Trinajstić information content (AvgIpc) is 2.43. The van der Waals surface area contributed by atoms with Crippen LogP contribution in [0.25, 0.3) is 0 Å². The van der Waals surface area contributed by atoms with Crippen molar-refractivity contribution in [3.8, 4) is 0 Å². The molecule has 0 fully saturated rings. The number of unbranched alkanes of at least 4 members (excludes halogenated alkanes) is 5. The van der Waals surface area contributed by atoms with E-state index in [1.165, 1.54) is 38.5 Å². The lowest BCUT2D eigenvalue weighted by atomic mass is 10.1. The number of ether oxygens (including phenoxy) is 1. The van der Waals surface area contributed by atoms with Crippen molar-refractivity contribution in [2.45, 2.75) is 64.7 Å². The fourth-order valence-corrected chi connectivity index (χ4v) is 1.87. The third-order valence-corrected chi connectivity index (χ3v) is 3.00. The molecule has 0 aromatic carbocycles. The van der Waals surface area contributed by atoms with Gasteiger partial charge in [-0.1, -0.05) is 62.6 Å². The Morgan fingerprint density at radius 2 is 1.26 bits per heavy atom.